The van der Waals surface area contributed by atoms with Gasteiger partial charge in [0.1, 0.15) is 0 Å². The largest absolute Gasteiger partial charge is 0.348 e. The van der Waals surface area contributed by atoms with E-state index in [9.17, 15) is 4.79 Å². The number of nitrogens with one attached hydrogen (secondary N) is 1. The summed E-state index contributed by atoms with van der Waals surface area (Å²) in [6.45, 7) is 2.06. The summed E-state index contributed by atoms with van der Waals surface area (Å²) in [7, 11) is 0. The molecule has 4 rings (SSSR count). The van der Waals surface area contributed by atoms with Crippen LogP contribution in [-0.4, -0.2) is 20.5 Å². The number of rotatable bonds is 4. The molecule has 1 saturated carbocycles. The molecule has 112 valence electrons. The van der Waals surface area contributed by atoms with Crippen LogP contribution in [0.2, 0.25) is 0 Å². The highest BCUT2D eigenvalue weighted by Crippen LogP contribution is 2.44. The Labute approximate surface area is 132 Å². The second-order valence-corrected chi connectivity index (χ2v) is 6.80. The first-order chi connectivity index (χ1) is 10.8. The summed E-state index contributed by atoms with van der Waals surface area (Å²) >= 11 is 1.57. The van der Waals surface area contributed by atoms with Gasteiger partial charge in [-0.1, -0.05) is 49.0 Å². The standard InChI is InChI=1S/C17H17N3OS/c1-2-22-17-19-18-16(21)20(17)15-10-9-12(11-7-8-11)13-5-3-4-6-14(13)15/h3-6,9-11H,2,7-8H2,1H3,(H,18,21). The van der Waals surface area contributed by atoms with E-state index < -0.39 is 0 Å². The third kappa shape index (κ3) is 2.16. The van der Waals surface area contributed by atoms with Crippen LogP contribution in [0.1, 0.15) is 31.2 Å². The van der Waals surface area contributed by atoms with Crippen LogP contribution in [0.25, 0.3) is 16.5 Å². The van der Waals surface area contributed by atoms with Crippen molar-refractivity contribution < 1.29 is 0 Å². The lowest BCUT2D eigenvalue weighted by Crippen LogP contribution is -2.16. The molecule has 1 aromatic heterocycles. The molecule has 0 amide bonds. The molecule has 22 heavy (non-hydrogen) atoms. The number of fused-ring (bicyclic) bond motifs is 1. The Kier molecular flexibility index (Phi) is 3.30. The Hall–Kier alpha value is -2.01. The van der Waals surface area contributed by atoms with Crippen molar-refractivity contribution in [2.45, 2.75) is 30.8 Å². The van der Waals surface area contributed by atoms with Crippen molar-refractivity contribution in [1.29, 1.82) is 0 Å². The van der Waals surface area contributed by atoms with Crippen molar-refractivity contribution >= 4 is 22.5 Å². The number of hydrogen-bond acceptors (Lipinski definition) is 3. The molecule has 5 heteroatoms. The van der Waals surface area contributed by atoms with Gasteiger partial charge in [0.25, 0.3) is 0 Å². The van der Waals surface area contributed by atoms with E-state index >= 15 is 0 Å². The fourth-order valence-corrected chi connectivity index (χ4v) is 3.65. The van der Waals surface area contributed by atoms with Crippen molar-refractivity contribution in [2.75, 3.05) is 5.75 Å². The first kappa shape index (κ1) is 13.6. The third-order valence-electron chi connectivity index (χ3n) is 4.11. The number of aromatic nitrogens is 3. The Morgan fingerprint density at radius 2 is 2.00 bits per heavy atom. The van der Waals surface area contributed by atoms with E-state index in [1.807, 2.05) is 6.07 Å². The van der Waals surface area contributed by atoms with E-state index in [0.29, 0.717) is 5.92 Å². The second-order valence-electron chi connectivity index (χ2n) is 5.57. The summed E-state index contributed by atoms with van der Waals surface area (Å²) in [5.74, 6) is 1.56. The number of nitrogens with zero attached hydrogens (tertiary/aromatic N) is 2. The average Bonchev–Trinajstić information content (AvgIpc) is 3.32. The SMILES string of the molecule is CCSc1n[nH]c(=O)n1-c1ccc(C2CC2)c2ccccc12. The maximum absolute atomic E-state index is 12.2. The van der Waals surface area contributed by atoms with Crippen molar-refractivity contribution in [3.8, 4) is 5.69 Å². The van der Waals surface area contributed by atoms with E-state index in [4.69, 9.17) is 0 Å². The smallest absolute Gasteiger partial charge is 0.246 e. The number of thioether (sulfide) groups is 1. The highest BCUT2D eigenvalue weighted by molar-refractivity contribution is 7.99. The molecular weight excluding hydrogens is 294 g/mol. The maximum Gasteiger partial charge on any atom is 0.348 e. The monoisotopic (exact) mass is 311 g/mol. The molecule has 1 N–H and O–H groups in total. The molecule has 3 aromatic rings. The van der Waals surface area contributed by atoms with Crippen LogP contribution in [-0.2, 0) is 0 Å². The zero-order valence-electron chi connectivity index (χ0n) is 12.4. The molecule has 1 heterocycles. The Balaban J connectivity index is 1.99. The minimum atomic E-state index is -0.180. The third-order valence-corrected chi connectivity index (χ3v) is 4.93. The topological polar surface area (TPSA) is 50.7 Å². The molecule has 0 atom stereocenters. The summed E-state index contributed by atoms with van der Waals surface area (Å²) in [4.78, 5) is 12.2. The molecule has 0 bridgehead atoms. The van der Waals surface area contributed by atoms with Crippen LogP contribution in [0, 0.1) is 0 Å². The van der Waals surface area contributed by atoms with Crippen LogP contribution >= 0.6 is 11.8 Å². The van der Waals surface area contributed by atoms with Crippen LogP contribution in [0.3, 0.4) is 0 Å². The van der Waals surface area contributed by atoms with Crippen molar-refractivity contribution in [3.63, 3.8) is 0 Å². The predicted octanol–water partition coefficient (Wildman–Crippen LogP) is 3.70. The van der Waals surface area contributed by atoms with Crippen LogP contribution < -0.4 is 5.69 Å². The first-order valence-corrected chi connectivity index (χ1v) is 8.60. The summed E-state index contributed by atoms with van der Waals surface area (Å²) < 4.78 is 1.69. The van der Waals surface area contributed by atoms with Gasteiger partial charge in [-0.05, 0) is 41.5 Å². The van der Waals surface area contributed by atoms with Gasteiger partial charge < -0.3 is 0 Å². The molecular formula is C17H17N3OS. The minimum Gasteiger partial charge on any atom is -0.246 e. The van der Waals surface area contributed by atoms with Gasteiger partial charge in [-0.2, -0.15) is 0 Å². The molecule has 1 aliphatic rings. The molecule has 1 aliphatic carbocycles. The summed E-state index contributed by atoms with van der Waals surface area (Å²) in [6.07, 6.45) is 2.54. The Bertz CT molecular complexity index is 892. The molecule has 0 spiro atoms. The molecule has 0 saturated heterocycles. The lowest BCUT2D eigenvalue weighted by Gasteiger charge is -2.12. The van der Waals surface area contributed by atoms with Crippen molar-refractivity contribution in [2.24, 2.45) is 0 Å². The normalized spacial score (nSPS) is 14.6. The van der Waals surface area contributed by atoms with Crippen LogP contribution in [0.15, 0.2) is 46.3 Å². The second kappa shape index (κ2) is 5.32. The van der Waals surface area contributed by atoms with Crippen LogP contribution in [0.4, 0.5) is 0 Å². The van der Waals surface area contributed by atoms with E-state index in [1.165, 1.54) is 23.8 Å². The molecule has 0 radical (unpaired) electrons. The quantitative estimate of drug-likeness (QED) is 0.747. The highest BCUT2D eigenvalue weighted by atomic mass is 32.2. The lowest BCUT2D eigenvalue weighted by molar-refractivity contribution is 0.876. The van der Waals surface area contributed by atoms with Gasteiger partial charge in [0.05, 0.1) is 5.69 Å². The number of hydrogen-bond donors (Lipinski definition) is 1. The van der Waals surface area contributed by atoms with Crippen molar-refractivity contribution in [3.05, 3.63) is 52.4 Å². The fourth-order valence-electron chi connectivity index (χ4n) is 2.97. The maximum atomic E-state index is 12.2. The van der Waals surface area contributed by atoms with Gasteiger partial charge in [0.15, 0.2) is 5.16 Å². The number of benzene rings is 2. The van der Waals surface area contributed by atoms with Gasteiger partial charge in [-0.3, -0.25) is 0 Å². The molecule has 4 nitrogen and oxygen atoms in total. The molecule has 2 aromatic carbocycles. The van der Waals surface area contributed by atoms with Gasteiger partial charge >= 0.3 is 5.69 Å². The zero-order valence-corrected chi connectivity index (χ0v) is 13.2. The fraction of sp³-hybridized carbons (Fsp3) is 0.294. The van der Waals surface area contributed by atoms with Gasteiger partial charge in [-0.15, -0.1) is 5.10 Å². The Morgan fingerprint density at radius 1 is 1.23 bits per heavy atom. The van der Waals surface area contributed by atoms with E-state index in [-0.39, 0.29) is 5.69 Å². The van der Waals surface area contributed by atoms with Gasteiger partial charge in [0.2, 0.25) is 0 Å². The Morgan fingerprint density at radius 3 is 2.73 bits per heavy atom. The van der Waals surface area contributed by atoms with Crippen molar-refractivity contribution in [1.82, 2.24) is 14.8 Å². The summed E-state index contributed by atoms with van der Waals surface area (Å²) in [5.41, 5.74) is 2.13. The van der Waals surface area contributed by atoms with Gasteiger partial charge in [-0.25, -0.2) is 14.5 Å². The average molecular weight is 311 g/mol. The minimum absolute atomic E-state index is 0.180. The molecule has 1 fully saturated rings. The number of H-pyrrole nitrogens is 1. The predicted molar refractivity (Wildman–Crippen MR) is 90.1 cm³/mol. The summed E-state index contributed by atoms with van der Waals surface area (Å²) in [5, 5.41) is 9.81. The van der Waals surface area contributed by atoms with E-state index in [1.54, 1.807) is 16.3 Å². The van der Waals surface area contributed by atoms with Gasteiger partial charge in [0, 0.05) is 5.39 Å². The van der Waals surface area contributed by atoms with E-state index in [0.717, 1.165) is 22.0 Å². The first-order valence-electron chi connectivity index (χ1n) is 7.62. The highest BCUT2D eigenvalue weighted by Gasteiger charge is 2.26. The molecule has 0 aliphatic heterocycles. The van der Waals surface area contributed by atoms with Crippen LogP contribution in [0.5, 0.6) is 0 Å². The zero-order chi connectivity index (χ0) is 15.1. The lowest BCUT2D eigenvalue weighted by atomic mass is 9.99. The number of aromatic amines is 1. The molecule has 0 unspecified atom stereocenters. The summed E-state index contributed by atoms with van der Waals surface area (Å²) in [6, 6.07) is 12.6. The van der Waals surface area contributed by atoms with E-state index in [2.05, 4.69) is 47.5 Å².